The first-order chi connectivity index (χ1) is 12.2. The van der Waals surface area contributed by atoms with Crippen molar-refractivity contribution in [3.63, 3.8) is 0 Å². The first-order valence-electron chi connectivity index (χ1n) is 8.43. The summed E-state index contributed by atoms with van der Waals surface area (Å²) in [7, 11) is 0. The van der Waals surface area contributed by atoms with Gasteiger partial charge in [0.15, 0.2) is 16.6 Å². The monoisotopic (exact) mass is 374 g/mol. The summed E-state index contributed by atoms with van der Waals surface area (Å²) in [6.07, 6.45) is 2.18. The molecule has 4 rings (SSSR count). The lowest BCUT2D eigenvalue weighted by Gasteiger charge is -2.29. The van der Waals surface area contributed by atoms with Crippen LogP contribution in [-0.2, 0) is 0 Å². The first kappa shape index (κ1) is 16.5. The van der Waals surface area contributed by atoms with E-state index < -0.39 is 0 Å². The van der Waals surface area contributed by atoms with Crippen LogP contribution in [0.3, 0.4) is 0 Å². The molecule has 1 atom stereocenters. The highest BCUT2D eigenvalue weighted by molar-refractivity contribution is 7.80. The van der Waals surface area contributed by atoms with Gasteiger partial charge in [0.25, 0.3) is 0 Å². The number of anilines is 1. The number of ether oxygens (including phenoxy) is 2. The number of thiocarbonyl (C=S) groups is 1. The van der Waals surface area contributed by atoms with Crippen molar-refractivity contribution in [2.45, 2.75) is 18.9 Å². The third kappa shape index (κ3) is 3.53. The molecule has 25 heavy (non-hydrogen) atoms. The molecule has 0 radical (unpaired) electrons. The fourth-order valence-electron chi connectivity index (χ4n) is 3.35. The average molecular weight is 375 g/mol. The third-order valence-corrected chi connectivity index (χ3v) is 5.15. The summed E-state index contributed by atoms with van der Waals surface area (Å²) >= 11 is 11.6. The minimum absolute atomic E-state index is 0.253. The SMILES string of the molecule is S=C(Nc1ccc(Cl)cc1)N1CCC[C@H]1c1ccc2c(c1)OCCO2. The van der Waals surface area contributed by atoms with E-state index in [0.29, 0.717) is 18.2 Å². The van der Waals surface area contributed by atoms with Crippen LogP contribution in [0.5, 0.6) is 11.5 Å². The van der Waals surface area contributed by atoms with Crippen molar-refractivity contribution in [2.75, 3.05) is 25.1 Å². The van der Waals surface area contributed by atoms with Gasteiger partial charge in [-0.05, 0) is 67.0 Å². The van der Waals surface area contributed by atoms with Gasteiger partial charge in [0, 0.05) is 17.3 Å². The van der Waals surface area contributed by atoms with Crippen molar-refractivity contribution in [3.05, 3.63) is 53.1 Å². The van der Waals surface area contributed by atoms with Gasteiger partial charge in [-0.1, -0.05) is 17.7 Å². The van der Waals surface area contributed by atoms with E-state index in [-0.39, 0.29) is 6.04 Å². The van der Waals surface area contributed by atoms with Gasteiger partial charge >= 0.3 is 0 Å². The Hall–Kier alpha value is -1.98. The molecule has 0 bridgehead atoms. The van der Waals surface area contributed by atoms with Crippen LogP contribution in [0.15, 0.2) is 42.5 Å². The molecular weight excluding hydrogens is 356 g/mol. The van der Waals surface area contributed by atoms with Crippen LogP contribution in [0.2, 0.25) is 5.02 Å². The van der Waals surface area contributed by atoms with E-state index in [4.69, 9.17) is 33.3 Å². The molecule has 0 amide bonds. The van der Waals surface area contributed by atoms with Crippen molar-refractivity contribution in [1.82, 2.24) is 4.90 Å². The maximum Gasteiger partial charge on any atom is 0.173 e. The third-order valence-electron chi connectivity index (χ3n) is 4.56. The van der Waals surface area contributed by atoms with E-state index in [2.05, 4.69) is 22.3 Å². The van der Waals surface area contributed by atoms with Gasteiger partial charge in [-0.3, -0.25) is 0 Å². The van der Waals surface area contributed by atoms with E-state index in [1.807, 2.05) is 30.3 Å². The number of nitrogens with zero attached hydrogens (tertiary/aromatic N) is 1. The summed E-state index contributed by atoms with van der Waals surface area (Å²) < 4.78 is 11.3. The molecule has 2 aliphatic heterocycles. The van der Waals surface area contributed by atoms with E-state index in [1.165, 1.54) is 5.56 Å². The molecule has 6 heteroatoms. The van der Waals surface area contributed by atoms with Gasteiger partial charge in [-0.25, -0.2) is 0 Å². The fraction of sp³-hybridized carbons (Fsp3) is 0.316. The zero-order valence-electron chi connectivity index (χ0n) is 13.7. The van der Waals surface area contributed by atoms with Gasteiger partial charge in [0.05, 0.1) is 6.04 Å². The maximum atomic E-state index is 5.94. The number of hydrogen-bond donors (Lipinski definition) is 1. The van der Waals surface area contributed by atoms with E-state index >= 15 is 0 Å². The zero-order valence-corrected chi connectivity index (χ0v) is 15.3. The second-order valence-electron chi connectivity index (χ2n) is 6.19. The molecular formula is C19H19ClN2O2S. The van der Waals surface area contributed by atoms with E-state index in [0.717, 1.165) is 41.7 Å². The molecule has 2 aliphatic rings. The quantitative estimate of drug-likeness (QED) is 0.774. The number of rotatable bonds is 2. The number of benzene rings is 2. The van der Waals surface area contributed by atoms with Gasteiger partial charge in [-0.15, -0.1) is 0 Å². The van der Waals surface area contributed by atoms with Crippen LogP contribution in [0.4, 0.5) is 5.69 Å². The lowest BCUT2D eigenvalue weighted by Crippen LogP contribution is -2.34. The highest BCUT2D eigenvalue weighted by atomic mass is 35.5. The number of hydrogen-bond acceptors (Lipinski definition) is 3. The van der Waals surface area contributed by atoms with E-state index in [9.17, 15) is 0 Å². The summed E-state index contributed by atoms with van der Waals surface area (Å²) in [5.74, 6) is 1.65. The molecule has 130 valence electrons. The Kier molecular flexibility index (Phi) is 4.68. The van der Waals surface area contributed by atoms with Crippen LogP contribution in [0.1, 0.15) is 24.4 Å². The summed E-state index contributed by atoms with van der Waals surface area (Å²) in [6, 6.07) is 14.0. The first-order valence-corrected chi connectivity index (χ1v) is 9.22. The Morgan fingerprint density at radius 1 is 1.08 bits per heavy atom. The Morgan fingerprint density at radius 3 is 2.64 bits per heavy atom. The average Bonchev–Trinajstić information content (AvgIpc) is 3.13. The molecule has 1 saturated heterocycles. The van der Waals surface area contributed by atoms with Crippen molar-refractivity contribution in [3.8, 4) is 11.5 Å². The summed E-state index contributed by atoms with van der Waals surface area (Å²) in [5, 5.41) is 4.77. The van der Waals surface area contributed by atoms with Crippen molar-refractivity contribution in [1.29, 1.82) is 0 Å². The molecule has 0 aromatic heterocycles. The molecule has 1 fully saturated rings. The zero-order chi connectivity index (χ0) is 17.2. The van der Waals surface area contributed by atoms with Gasteiger partial charge in [-0.2, -0.15) is 0 Å². The standard InChI is InChI=1S/C19H19ClN2O2S/c20-14-4-6-15(7-5-14)21-19(25)22-9-1-2-16(22)13-3-8-17-18(12-13)24-11-10-23-17/h3-8,12,16H,1-2,9-11H2,(H,21,25)/t16-/m0/s1. The Balaban J connectivity index is 1.51. The minimum Gasteiger partial charge on any atom is -0.486 e. The topological polar surface area (TPSA) is 33.7 Å². The normalized spacial score (nSPS) is 18.9. The van der Waals surface area contributed by atoms with Gasteiger partial charge in [0.2, 0.25) is 0 Å². The molecule has 4 nitrogen and oxygen atoms in total. The second kappa shape index (κ2) is 7.10. The lowest BCUT2D eigenvalue weighted by molar-refractivity contribution is 0.171. The minimum atomic E-state index is 0.253. The highest BCUT2D eigenvalue weighted by Crippen LogP contribution is 2.38. The summed E-state index contributed by atoms with van der Waals surface area (Å²) in [5.41, 5.74) is 2.16. The smallest absolute Gasteiger partial charge is 0.173 e. The van der Waals surface area contributed by atoms with Crippen LogP contribution >= 0.6 is 23.8 Å². The number of likely N-dealkylation sites (tertiary alicyclic amines) is 1. The van der Waals surface area contributed by atoms with Crippen LogP contribution in [0.25, 0.3) is 0 Å². The number of halogens is 1. The fourth-order valence-corrected chi connectivity index (χ4v) is 3.81. The molecule has 2 aromatic rings. The van der Waals surface area contributed by atoms with Gasteiger partial charge in [0.1, 0.15) is 13.2 Å². The molecule has 0 aliphatic carbocycles. The largest absolute Gasteiger partial charge is 0.486 e. The molecule has 0 spiro atoms. The van der Waals surface area contributed by atoms with Crippen LogP contribution in [0, 0.1) is 0 Å². The molecule has 2 heterocycles. The Labute approximate surface area is 157 Å². The van der Waals surface area contributed by atoms with Crippen LogP contribution < -0.4 is 14.8 Å². The number of nitrogens with one attached hydrogen (secondary N) is 1. The maximum absolute atomic E-state index is 5.94. The van der Waals surface area contributed by atoms with Crippen molar-refractivity contribution >= 4 is 34.6 Å². The second-order valence-corrected chi connectivity index (χ2v) is 7.01. The lowest BCUT2D eigenvalue weighted by atomic mass is 10.0. The molecule has 1 N–H and O–H groups in total. The predicted molar refractivity (Wildman–Crippen MR) is 104 cm³/mol. The summed E-state index contributed by atoms with van der Waals surface area (Å²) in [6.45, 7) is 2.15. The Morgan fingerprint density at radius 2 is 1.84 bits per heavy atom. The predicted octanol–water partition coefficient (Wildman–Crippen LogP) is 4.65. The molecule has 2 aromatic carbocycles. The van der Waals surface area contributed by atoms with E-state index in [1.54, 1.807) is 0 Å². The Bertz CT molecular complexity index is 781. The van der Waals surface area contributed by atoms with Crippen molar-refractivity contribution in [2.24, 2.45) is 0 Å². The summed E-state index contributed by atoms with van der Waals surface area (Å²) in [4.78, 5) is 2.25. The molecule has 0 saturated carbocycles. The number of fused-ring (bicyclic) bond motifs is 1. The van der Waals surface area contributed by atoms with Crippen molar-refractivity contribution < 1.29 is 9.47 Å². The highest BCUT2D eigenvalue weighted by Gasteiger charge is 2.29. The van der Waals surface area contributed by atoms with Gasteiger partial charge < -0.3 is 19.7 Å². The van der Waals surface area contributed by atoms with Crippen LogP contribution in [-0.4, -0.2) is 29.8 Å². The molecule has 0 unspecified atom stereocenters.